The van der Waals surface area contributed by atoms with Crippen LogP contribution in [0.3, 0.4) is 0 Å². The largest absolute Gasteiger partial charge is 0.240 e. The predicted octanol–water partition coefficient (Wildman–Crippen LogP) is 13.2. The highest BCUT2D eigenvalue weighted by atomic mass is 15.3. The van der Waals surface area contributed by atoms with Gasteiger partial charge in [0.2, 0.25) is 0 Å². The number of hydrogen-bond acceptors (Lipinski definition) is 2. The molecule has 0 amide bonds. The molecule has 7 rings (SSSR count). The Morgan fingerprint density at radius 1 is 0.385 bits per heavy atom. The van der Waals surface area contributed by atoms with Gasteiger partial charge in [0.25, 0.3) is 0 Å². The average molecular weight is 683 g/mol. The monoisotopic (exact) mass is 682 g/mol. The van der Waals surface area contributed by atoms with E-state index in [1.54, 1.807) is 0 Å². The van der Waals surface area contributed by atoms with Crippen LogP contribution in [-0.2, 0) is 0 Å². The van der Waals surface area contributed by atoms with E-state index in [4.69, 9.17) is 10.2 Å². The molecule has 0 spiro atoms. The van der Waals surface area contributed by atoms with Crippen LogP contribution in [0.2, 0.25) is 0 Å². The molecule has 0 aliphatic heterocycles. The number of hydrogen-bond donors (Lipinski definition) is 0. The van der Waals surface area contributed by atoms with E-state index in [0.29, 0.717) is 23.7 Å². The van der Waals surface area contributed by atoms with Crippen molar-refractivity contribution in [3.8, 4) is 55.9 Å². The molecule has 0 unspecified atom stereocenters. The molecule has 52 heavy (non-hydrogen) atoms. The molecule has 7 aromatic rings. The first kappa shape index (κ1) is 34.9. The van der Waals surface area contributed by atoms with Crippen LogP contribution in [-0.4, -0.2) is 19.6 Å². The summed E-state index contributed by atoms with van der Waals surface area (Å²) in [7, 11) is 0. The average Bonchev–Trinajstić information content (AvgIpc) is 3.85. The molecule has 262 valence electrons. The first-order chi connectivity index (χ1) is 25.1. The van der Waals surface area contributed by atoms with Gasteiger partial charge in [0.1, 0.15) is 0 Å². The van der Waals surface area contributed by atoms with Gasteiger partial charge in [-0.15, -0.1) is 0 Å². The van der Waals surface area contributed by atoms with E-state index >= 15 is 0 Å². The van der Waals surface area contributed by atoms with Gasteiger partial charge in [-0.3, -0.25) is 0 Å². The number of rotatable bonds is 10. The maximum atomic E-state index is 4.88. The lowest BCUT2D eigenvalue weighted by Crippen LogP contribution is -1.99. The van der Waals surface area contributed by atoms with E-state index in [1.165, 1.54) is 44.5 Å². The Hall–Kier alpha value is -5.48. The Bertz CT molecular complexity index is 2110. The van der Waals surface area contributed by atoms with Crippen LogP contribution in [0.25, 0.3) is 55.9 Å². The second kappa shape index (κ2) is 14.6. The molecule has 2 aromatic heterocycles. The first-order valence-corrected chi connectivity index (χ1v) is 18.8. The highest BCUT2D eigenvalue weighted by molar-refractivity contribution is 5.85. The molecule has 0 bridgehead atoms. The van der Waals surface area contributed by atoms with E-state index < -0.39 is 0 Å². The molecule has 0 aliphatic rings. The van der Waals surface area contributed by atoms with Crippen molar-refractivity contribution < 1.29 is 0 Å². The molecule has 4 heteroatoms. The number of nitrogens with zero attached hydrogens (tertiary/aromatic N) is 4. The highest BCUT2D eigenvalue weighted by Crippen LogP contribution is 2.39. The van der Waals surface area contributed by atoms with Crippen molar-refractivity contribution in [2.45, 2.75) is 79.1 Å². The van der Waals surface area contributed by atoms with Crippen molar-refractivity contribution in [2.24, 2.45) is 0 Å². The Labute approximate surface area is 309 Å². The summed E-state index contributed by atoms with van der Waals surface area (Å²) in [5, 5.41) is 9.77. The van der Waals surface area contributed by atoms with Crippen molar-refractivity contribution in [3.05, 3.63) is 156 Å². The maximum absolute atomic E-state index is 4.88. The van der Waals surface area contributed by atoms with Crippen molar-refractivity contribution in [1.82, 2.24) is 19.6 Å². The lowest BCUT2D eigenvalue weighted by atomic mass is 9.86. The summed E-state index contributed by atoms with van der Waals surface area (Å²) in [5.74, 6) is 1.69. The van der Waals surface area contributed by atoms with Gasteiger partial charge in [-0.2, -0.15) is 10.2 Å². The summed E-state index contributed by atoms with van der Waals surface area (Å²) in [6.07, 6.45) is 8.41. The minimum atomic E-state index is 0.421. The summed E-state index contributed by atoms with van der Waals surface area (Å²) < 4.78 is 4.03. The Kier molecular flexibility index (Phi) is 9.83. The van der Waals surface area contributed by atoms with Crippen LogP contribution in [0.5, 0.6) is 0 Å². The molecule has 4 nitrogen and oxygen atoms in total. The molecule has 0 atom stereocenters. The van der Waals surface area contributed by atoms with E-state index in [1.807, 2.05) is 21.8 Å². The van der Waals surface area contributed by atoms with Crippen LogP contribution < -0.4 is 0 Å². The molecule has 0 radical (unpaired) electrons. The number of benzene rings is 5. The second-order valence-electron chi connectivity index (χ2n) is 15.2. The molecular formula is C48H50N4. The molecule has 0 saturated carbocycles. The van der Waals surface area contributed by atoms with Gasteiger partial charge in [-0.25, -0.2) is 9.36 Å². The van der Waals surface area contributed by atoms with E-state index in [2.05, 4.69) is 177 Å². The van der Waals surface area contributed by atoms with Gasteiger partial charge >= 0.3 is 0 Å². The predicted molar refractivity (Wildman–Crippen MR) is 219 cm³/mol. The van der Waals surface area contributed by atoms with Gasteiger partial charge < -0.3 is 0 Å². The molecule has 0 fully saturated rings. The van der Waals surface area contributed by atoms with Crippen molar-refractivity contribution in [2.75, 3.05) is 0 Å². The summed E-state index contributed by atoms with van der Waals surface area (Å²) in [6, 6.07) is 39.5. The fourth-order valence-corrected chi connectivity index (χ4v) is 7.57. The fraction of sp³-hybridized carbons (Fsp3) is 0.250. The standard InChI is InChI=1S/C48H50N4/c1-31(2)41-21-13-22-42(32(3)4)47(41)37-27-49-51(29-37)39-17-11-15-35(25-39)45-19-9-10-20-46(45)36-16-12-18-40(26-36)52-30-38(28-50-52)48-43(33(5)6)23-14-24-44(48)34(7)8/h9-34H,1-8H3. The molecule has 0 N–H and O–H groups in total. The van der Waals surface area contributed by atoms with Gasteiger partial charge in [0, 0.05) is 23.5 Å². The zero-order chi connectivity index (χ0) is 36.5. The minimum Gasteiger partial charge on any atom is -0.240 e. The Morgan fingerprint density at radius 3 is 1.08 bits per heavy atom. The van der Waals surface area contributed by atoms with Gasteiger partial charge in [0.05, 0.1) is 23.8 Å². The van der Waals surface area contributed by atoms with Crippen LogP contribution >= 0.6 is 0 Å². The molecule has 2 heterocycles. The van der Waals surface area contributed by atoms with Gasteiger partial charge in [0.15, 0.2) is 0 Å². The van der Waals surface area contributed by atoms with Crippen molar-refractivity contribution >= 4 is 0 Å². The molecule has 5 aromatic carbocycles. The Balaban J connectivity index is 1.23. The lowest BCUT2D eigenvalue weighted by Gasteiger charge is -2.18. The molecule has 0 aliphatic carbocycles. The van der Waals surface area contributed by atoms with Crippen molar-refractivity contribution in [3.63, 3.8) is 0 Å². The third-order valence-electron chi connectivity index (χ3n) is 10.3. The lowest BCUT2D eigenvalue weighted by molar-refractivity contribution is 0.838. The quantitative estimate of drug-likeness (QED) is 0.144. The molecule has 0 saturated heterocycles. The minimum absolute atomic E-state index is 0.421. The second-order valence-corrected chi connectivity index (χ2v) is 15.2. The summed E-state index contributed by atoms with van der Waals surface area (Å²) in [5.41, 5.74) is 17.1. The summed E-state index contributed by atoms with van der Waals surface area (Å²) in [6.45, 7) is 18.2. The highest BCUT2D eigenvalue weighted by Gasteiger charge is 2.19. The smallest absolute Gasteiger partial charge is 0.0651 e. The van der Waals surface area contributed by atoms with Gasteiger partial charge in [-0.05, 0) is 104 Å². The fourth-order valence-electron chi connectivity index (χ4n) is 7.57. The number of aromatic nitrogens is 4. The van der Waals surface area contributed by atoms with Crippen LogP contribution in [0, 0.1) is 0 Å². The van der Waals surface area contributed by atoms with Crippen molar-refractivity contribution in [1.29, 1.82) is 0 Å². The summed E-state index contributed by atoms with van der Waals surface area (Å²) >= 11 is 0. The zero-order valence-electron chi connectivity index (χ0n) is 31.8. The summed E-state index contributed by atoms with van der Waals surface area (Å²) in [4.78, 5) is 0. The van der Waals surface area contributed by atoms with Gasteiger partial charge in [-0.1, -0.05) is 140 Å². The first-order valence-electron chi connectivity index (χ1n) is 18.8. The van der Waals surface area contributed by atoms with E-state index in [9.17, 15) is 0 Å². The third-order valence-corrected chi connectivity index (χ3v) is 10.3. The topological polar surface area (TPSA) is 35.6 Å². The zero-order valence-corrected chi connectivity index (χ0v) is 31.8. The Morgan fingerprint density at radius 2 is 0.731 bits per heavy atom. The maximum Gasteiger partial charge on any atom is 0.0651 e. The van der Waals surface area contributed by atoms with Crippen LogP contribution in [0.4, 0.5) is 0 Å². The van der Waals surface area contributed by atoms with E-state index in [0.717, 1.165) is 33.6 Å². The third kappa shape index (κ3) is 6.78. The SMILES string of the molecule is CC(C)c1cccc(C(C)C)c1-c1cnn(-c2cccc(-c3ccccc3-c3cccc(-n4cc(-c5c(C(C)C)cccc5C(C)C)cn4)c3)c2)c1. The van der Waals surface area contributed by atoms with Crippen LogP contribution in [0.15, 0.2) is 134 Å². The van der Waals surface area contributed by atoms with E-state index in [-0.39, 0.29) is 0 Å². The normalized spacial score (nSPS) is 11.8. The van der Waals surface area contributed by atoms with Crippen LogP contribution in [0.1, 0.15) is 101 Å². The molecular weight excluding hydrogens is 633 g/mol.